The van der Waals surface area contributed by atoms with Gasteiger partial charge in [0.25, 0.3) is 0 Å². The van der Waals surface area contributed by atoms with Gasteiger partial charge in [-0.2, -0.15) is 0 Å². The molecule has 0 atom stereocenters. The Bertz CT molecular complexity index is 1610. The summed E-state index contributed by atoms with van der Waals surface area (Å²) in [6.07, 6.45) is 8.74. The Labute approximate surface area is 247 Å². The molecule has 0 aliphatic heterocycles. The number of benzene rings is 5. The van der Waals surface area contributed by atoms with Gasteiger partial charge in [0.15, 0.2) is 0 Å². The van der Waals surface area contributed by atoms with Crippen molar-refractivity contribution in [3.63, 3.8) is 0 Å². The molecule has 0 saturated carbocycles. The van der Waals surface area contributed by atoms with E-state index in [0.29, 0.717) is 0 Å². The molecule has 42 heavy (non-hydrogen) atoms. The van der Waals surface area contributed by atoms with Crippen LogP contribution in [0.2, 0.25) is 0 Å². The zero-order valence-electron chi connectivity index (χ0n) is 23.2. The molecule has 1 aliphatic rings. The Morgan fingerprint density at radius 1 is 0.333 bits per heavy atom. The zero-order valence-corrected chi connectivity index (χ0v) is 23.2. The van der Waals surface area contributed by atoms with Crippen molar-refractivity contribution in [2.24, 2.45) is 0 Å². The first-order valence-electron chi connectivity index (χ1n) is 14.1. The Kier molecular flexibility index (Phi) is 8.04. The quantitative estimate of drug-likeness (QED) is 0.0769. The molecule has 1 aliphatic carbocycles. The summed E-state index contributed by atoms with van der Waals surface area (Å²) < 4.78 is 0. The highest BCUT2D eigenvalue weighted by Crippen LogP contribution is 2.24. The lowest BCUT2D eigenvalue weighted by atomic mass is 10.1. The summed E-state index contributed by atoms with van der Waals surface area (Å²) in [5.41, 5.74) is 14.9. The van der Waals surface area contributed by atoms with Crippen LogP contribution in [-0.2, 0) is 0 Å². The van der Waals surface area contributed by atoms with Crippen molar-refractivity contribution < 1.29 is 0 Å². The Morgan fingerprint density at radius 2 is 0.619 bits per heavy atom. The molecule has 0 fully saturated rings. The first-order chi connectivity index (χ1) is 20.6. The molecule has 0 aromatic heterocycles. The minimum absolute atomic E-state index is 0.137. The van der Waals surface area contributed by atoms with Gasteiger partial charge in [-0.3, -0.25) is 0 Å². The molecular weight excluding hydrogens is 516 g/mol. The van der Waals surface area contributed by atoms with Gasteiger partial charge in [-0.1, -0.05) is 42.5 Å². The molecule has 0 bridgehead atoms. The fourth-order valence-corrected chi connectivity index (χ4v) is 4.71. The van der Waals surface area contributed by atoms with E-state index in [-0.39, 0.29) is 12.1 Å². The molecule has 6 heteroatoms. The molecule has 0 radical (unpaired) electrons. The molecule has 5 aromatic rings. The van der Waals surface area contributed by atoms with Crippen molar-refractivity contribution in [3.05, 3.63) is 152 Å². The number of rotatable bonds is 10. The molecule has 0 spiro atoms. The summed E-state index contributed by atoms with van der Waals surface area (Å²) >= 11 is 0. The second-order valence-electron chi connectivity index (χ2n) is 10.2. The van der Waals surface area contributed by atoms with Crippen molar-refractivity contribution in [1.82, 2.24) is 0 Å². The van der Waals surface area contributed by atoms with E-state index in [1.54, 1.807) is 0 Å². The number of nitrogens with two attached hydrogens (primary N) is 1. The summed E-state index contributed by atoms with van der Waals surface area (Å²) in [6, 6.07) is 43.1. The monoisotopic (exact) mass is 550 g/mol. The lowest BCUT2D eigenvalue weighted by Crippen LogP contribution is -2.22. The molecule has 7 N–H and O–H groups in total. The number of anilines is 9. The van der Waals surface area contributed by atoms with Crippen molar-refractivity contribution >= 4 is 51.2 Å². The zero-order chi connectivity index (χ0) is 28.6. The van der Waals surface area contributed by atoms with Crippen LogP contribution in [0.4, 0.5) is 51.2 Å². The van der Waals surface area contributed by atoms with Crippen LogP contribution >= 0.6 is 0 Å². The largest absolute Gasteiger partial charge is 0.399 e. The molecule has 208 valence electrons. The molecule has 5 aromatic carbocycles. The molecule has 0 amide bonds. The van der Waals surface area contributed by atoms with Gasteiger partial charge in [0, 0.05) is 51.2 Å². The van der Waals surface area contributed by atoms with E-state index in [9.17, 15) is 0 Å². The maximum Gasteiger partial charge on any atom is 0.0630 e. The van der Waals surface area contributed by atoms with Crippen LogP contribution in [0.1, 0.15) is 0 Å². The van der Waals surface area contributed by atoms with E-state index in [1.807, 2.05) is 42.5 Å². The minimum Gasteiger partial charge on any atom is -0.399 e. The summed E-state index contributed by atoms with van der Waals surface area (Å²) in [4.78, 5) is 0. The van der Waals surface area contributed by atoms with Gasteiger partial charge < -0.3 is 32.3 Å². The highest BCUT2D eigenvalue weighted by atomic mass is 14.9. The predicted octanol–water partition coefficient (Wildman–Crippen LogP) is 8.89. The first kappa shape index (κ1) is 26.6. The van der Waals surface area contributed by atoms with Crippen LogP contribution in [-0.4, -0.2) is 12.1 Å². The SMILES string of the molecule is Nc1ccc(Nc2ccc(NC3C=CC(Nc4ccc(Nc5ccc(Nc6ccccc6)cc5)cc4)C=C3)cc2)cc1. The van der Waals surface area contributed by atoms with E-state index in [1.165, 1.54) is 0 Å². The molecule has 6 nitrogen and oxygen atoms in total. The topological polar surface area (TPSA) is 86.2 Å². The van der Waals surface area contributed by atoms with Crippen LogP contribution < -0.4 is 32.3 Å². The van der Waals surface area contributed by atoms with Gasteiger partial charge in [-0.25, -0.2) is 0 Å². The molecule has 0 unspecified atom stereocenters. The van der Waals surface area contributed by atoms with Crippen LogP contribution in [0, 0.1) is 0 Å². The summed E-state index contributed by atoms with van der Waals surface area (Å²) in [6.45, 7) is 0. The number of para-hydroxylation sites is 1. The highest BCUT2D eigenvalue weighted by Gasteiger charge is 2.10. The van der Waals surface area contributed by atoms with E-state index < -0.39 is 0 Å². The van der Waals surface area contributed by atoms with Crippen LogP contribution in [0.3, 0.4) is 0 Å². The van der Waals surface area contributed by atoms with Crippen molar-refractivity contribution in [2.75, 3.05) is 32.3 Å². The minimum atomic E-state index is 0.137. The van der Waals surface area contributed by atoms with Crippen LogP contribution in [0.5, 0.6) is 0 Å². The molecule has 0 heterocycles. The van der Waals surface area contributed by atoms with Gasteiger partial charge in [0.1, 0.15) is 0 Å². The van der Waals surface area contributed by atoms with E-state index >= 15 is 0 Å². The van der Waals surface area contributed by atoms with Crippen LogP contribution in [0.25, 0.3) is 0 Å². The standard InChI is InChI=1S/C36H34N6/c37-26-6-8-28(9-7-26)39-30-14-16-32(17-15-30)41-34-22-24-36(25-23-34)42-35-20-18-33(19-21-35)40-31-12-10-29(11-13-31)38-27-4-2-1-3-5-27/h1-25,34,36,38-42H,37H2. The number of hydrogen-bond acceptors (Lipinski definition) is 6. The van der Waals surface area contributed by atoms with Crippen molar-refractivity contribution in [1.29, 1.82) is 0 Å². The average Bonchev–Trinajstić information content (AvgIpc) is 3.03. The first-order valence-corrected chi connectivity index (χ1v) is 14.1. The Morgan fingerprint density at radius 3 is 0.976 bits per heavy atom. The van der Waals surface area contributed by atoms with Crippen molar-refractivity contribution in [2.45, 2.75) is 12.1 Å². The van der Waals surface area contributed by atoms with Gasteiger partial charge >= 0.3 is 0 Å². The number of hydrogen-bond donors (Lipinski definition) is 6. The summed E-state index contributed by atoms with van der Waals surface area (Å²) in [5.74, 6) is 0. The third-order valence-corrected chi connectivity index (χ3v) is 6.92. The Hall–Kier alpha value is -5.62. The lowest BCUT2D eigenvalue weighted by Gasteiger charge is -2.21. The van der Waals surface area contributed by atoms with Gasteiger partial charge in [0.05, 0.1) is 12.1 Å². The van der Waals surface area contributed by atoms with Gasteiger partial charge in [0.2, 0.25) is 0 Å². The normalized spacial score (nSPS) is 15.5. The second-order valence-corrected chi connectivity index (χ2v) is 10.2. The summed E-state index contributed by atoms with van der Waals surface area (Å²) in [5, 5.41) is 17.4. The fourth-order valence-electron chi connectivity index (χ4n) is 4.71. The van der Waals surface area contributed by atoms with Crippen molar-refractivity contribution in [3.8, 4) is 0 Å². The number of nitrogens with one attached hydrogen (secondary N) is 5. The summed E-state index contributed by atoms with van der Waals surface area (Å²) in [7, 11) is 0. The van der Waals surface area contributed by atoms with E-state index in [2.05, 4.69) is 136 Å². The van der Waals surface area contributed by atoms with E-state index in [4.69, 9.17) is 5.73 Å². The average molecular weight is 551 g/mol. The number of nitrogen functional groups attached to an aromatic ring is 1. The predicted molar refractivity (Wildman–Crippen MR) is 180 cm³/mol. The third kappa shape index (κ3) is 7.31. The molecular formula is C36H34N6. The van der Waals surface area contributed by atoms with Gasteiger partial charge in [-0.15, -0.1) is 0 Å². The van der Waals surface area contributed by atoms with Crippen LogP contribution in [0.15, 0.2) is 152 Å². The molecule has 6 rings (SSSR count). The maximum absolute atomic E-state index is 5.77. The second kappa shape index (κ2) is 12.7. The van der Waals surface area contributed by atoms with Gasteiger partial charge in [-0.05, 0) is 109 Å². The third-order valence-electron chi connectivity index (χ3n) is 6.92. The highest BCUT2D eigenvalue weighted by molar-refractivity contribution is 5.67. The lowest BCUT2D eigenvalue weighted by molar-refractivity contribution is 0.997. The molecule has 0 saturated heterocycles. The maximum atomic E-state index is 5.77. The Balaban J connectivity index is 0.960. The fraction of sp³-hybridized carbons (Fsp3) is 0.0556. The van der Waals surface area contributed by atoms with E-state index in [0.717, 1.165) is 51.2 Å². The smallest absolute Gasteiger partial charge is 0.0630 e.